The second-order valence-corrected chi connectivity index (χ2v) is 7.88. The maximum absolute atomic E-state index is 4.68. The van der Waals surface area contributed by atoms with Gasteiger partial charge in [-0.25, -0.2) is 4.98 Å². The molecular formula is C30H34N4. The Kier molecular flexibility index (Phi) is 6.83. The average molecular weight is 451 g/mol. The second kappa shape index (κ2) is 9.44. The number of rotatable bonds is 0. The molecule has 0 atom stereocenters. The minimum atomic E-state index is 0. The molecule has 0 fully saturated rings. The number of hydrogen-bond donors (Lipinski definition) is 0. The van der Waals surface area contributed by atoms with E-state index in [-0.39, 0.29) is 22.3 Å². The van der Waals surface area contributed by atoms with Gasteiger partial charge < -0.3 is 9.13 Å². The van der Waals surface area contributed by atoms with E-state index in [9.17, 15) is 0 Å². The van der Waals surface area contributed by atoms with Crippen LogP contribution in [0.4, 0.5) is 0 Å². The molecule has 0 saturated carbocycles. The molecule has 0 amide bonds. The molecule has 0 radical (unpaired) electrons. The topological polar surface area (TPSA) is 27.2 Å². The molecule has 0 spiro atoms. The van der Waals surface area contributed by atoms with Crippen molar-refractivity contribution < 1.29 is 0 Å². The van der Waals surface area contributed by atoms with Crippen LogP contribution in [-0.2, 0) is 14.1 Å². The first kappa shape index (κ1) is 24.6. The standard InChI is InChI=1S/C14H11N3.C13H11N.3CH4/c1-16-12-8-4-5-9-13(12)17-11-7-3-2-6-10(11)15-14(16)17;1-14-12-8-4-2-6-10(12)11-7-3-5-9-13(11)14;;;/h2-9H,1H3;2-9H,1H3;3*1H4. The molecule has 3 heterocycles. The van der Waals surface area contributed by atoms with Crippen molar-refractivity contribution in [3.8, 4) is 0 Å². The molecule has 7 aromatic rings. The number of fused-ring (bicyclic) bond motifs is 8. The van der Waals surface area contributed by atoms with Crippen LogP contribution in [0.2, 0.25) is 0 Å². The van der Waals surface area contributed by atoms with E-state index in [1.54, 1.807) is 0 Å². The van der Waals surface area contributed by atoms with Crippen molar-refractivity contribution >= 4 is 49.7 Å². The quantitative estimate of drug-likeness (QED) is 0.229. The van der Waals surface area contributed by atoms with E-state index in [0.29, 0.717) is 0 Å². The highest BCUT2D eigenvalue weighted by molar-refractivity contribution is 6.07. The molecule has 4 heteroatoms. The van der Waals surface area contributed by atoms with Crippen LogP contribution in [0, 0.1) is 0 Å². The smallest absolute Gasteiger partial charge is 0.215 e. The Morgan fingerprint density at radius 3 is 1.50 bits per heavy atom. The molecule has 0 bridgehead atoms. The molecule has 174 valence electrons. The predicted molar refractivity (Wildman–Crippen MR) is 150 cm³/mol. The predicted octanol–water partition coefficient (Wildman–Crippen LogP) is 8.22. The molecule has 0 unspecified atom stereocenters. The summed E-state index contributed by atoms with van der Waals surface area (Å²) in [6, 6.07) is 33.7. The first-order valence-electron chi connectivity index (χ1n) is 10.5. The number of para-hydroxylation sites is 6. The molecular weight excluding hydrogens is 416 g/mol. The lowest BCUT2D eigenvalue weighted by Crippen LogP contribution is -1.87. The van der Waals surface area contributed by atoms with E-state index >= 15 is 0 Å². The van der Waals surface area contributed by atoms with Gasteiger partial charge in [0.25, 0.3) is 0 Å². The van der Waals surface area contributed by atoms with Crippen LogP contribution in [0.15, 0.2) is 97.1 Å². The maximum Gasteiger partial charge on any atom is 0.215 e. The van der Waals surface area contributed by atoms with Crippen LogP contribution in [0.3, 0.4) is 0 Å². The fourth-order valence-corrected chi connectivity index (χ4v) is 4.64. The van der Waals surface area contributed by atoms with Crippen LogP contribution in [0.1, 0.15) is 22.3 Å². The molecule has 0 aliphatic rings. The van der Waals surface area contributed by atoms with Crippen molar-refractivity contribution in [3.63, 3.8) is 0 Å². The van der Waals surface area contributed by atoms with Crippen LogP contribution in [0.5, 0.6) is 0 Å². The monoisotopic (exact) mass is 450 g/mol. The van der Waals surface area contributed by atoms with Gasteiger partial charge in [-0.05, 0) is 36.4 Å². The van der Waals surface area contributed by atoms with Crippen molar-refractivity contribution in [2.45, 2.75) is 22.3 Å². The van der Waals surface area contributed by atoms with Gasteiger partial charge >= 0.3 is 0 Å². The molecule has 0 saturated heterocycles. The lowest BCUT2D eigenvalue weighted by molar-refractivity contribution is 0.973. The first-order chi connectivity index (χ1) is 15.2. The van der Waals surface area contributed by atoms with Crippen LogP contribution < -0.4 is 0 Å². The first-order valence-corrected chi connectivity index (χ1v) is 10.5. The van der Waals surface area contributed by atoms with Gasteiger partial charge in [-0.2, -0.15) is 0 Å². The van der Waals surface area contributed by atoms with Crippen LogP contribution in [0.25, 0.3) is 49.7 Å². The van der Waals surface area contributed by atoms with Crippen molar-refractivity contribution in [3.05, 3.63) is 97.1 Å². The van der Waals surface area contributed by atoms with Crippen molar-refractivity contribution in [2.24, 2.45) is 14.1 Å². The lowest BCUT2D eigenvalue weighted by Gasteiger charge is -1.95. The lowest BCUT2D eigenvalue weighted by atomic mass is 10.2. The van der Waals surface area contributed by atoms with E-state index in [0.717, 1.165) is 11.3 Å². The van der Waals surface area contributed by atoms with E-state index in [1.807, 2.05) is 6.07 Å². The summed E-state index contributed by atoms with van der Waals surface area (Å²) < 4.78 is 6.59. The number of aryl methyl sites for hydroxylation is 2. The third kappa shape index (κ3) is 3.52. The molecule has 34 heavy (non-hydrogen) atoms. The normalized spacial score (nSPS) is 10.5. The maximum atomic E-state index is 4.68. The molecule has 4 aromatic carbocycles. The summed E-state index contributed by atoms with van der Waals surface area (Å²) in [7, 11) is 4.17. The van der Waals surface area contributed by atoms with Gasteiger partial charge in [0.1, 0.15) is 0 Å². The van der Waals surface area contributed by atoms with Gasteiger partial charge in [-0.15, -0.1) is 0 Å². The number of imidazole rings is 2. The zero-order valence-corrected chi connectivity index (χ0v) is 17.5. The Labute approximate surface area is 201 Å². The Bertz CT molecular complexity index is 1660. The summed E-state index contributed by atoms with van der Waals surface area (Å²) in [5.74, 6) is 0.993. The summed E-state index contributed by atoms with van der Waals surface area (Å²) in [6.07, 6.45) is 0. The molecule has 4 nitrogen and oxygen atoms in total. The second-order valence-electron chi connectivity index (χ2n) is 7.88. The van der Waals surface area contributed by atoms with Gasteiger partial charge in [-0.1, -0.05) is 82.9 Å². The minimum absolute atomic E-state index is 0. The number of nitrogens with zero attached hydrogens (tertiary/aromatic N) is 4. The molecule has 0 N–H and O–H groups in total. The zero-order valence-electron chi connectivity index (χ0n) is 17.5. The third-order valence-electron chi connectivity index (χ3n) is 6.15. The Balaban J connectivity index is 0.000000178. The molecule has 0 aliphatic carbocycles. The summed E-state index contributed by atoms with van der Waals surface area (Å²) in [4.78, 5) is 4.68. The molecule has 0 aliphatic heterocycles. The van der Waals surface area contributed by atoms with Crippen molar-refractivity contribution in [1.29, 1.82) is 0 Å². The van der Waals surface area contributed by atoms with E-state index in [4.69, 9.17) is 0 Å². The van der Waals surface area contributed by atoms with Gasteiger partial charge in [0, 0.05) is 35.9 Å². The van der Waals surface area contributed by atoms with Gasteiger partial charge in [-0.3, -0.25) is 4.40 Å². The fourth-order valence-electron chi connectivity index (χ4n) is 4.64. The summed E-state index contributed by atoms with van der Waals surface area (Å²) in [6.45, 7) is 0. The van der Waals surface area contributed by atoms with Crippen molar-refractivity contribution in [2.75, 3.05) is 0 Å². The molecule has 7 rings (SSSR count). The summed E-state index contributed by atoms with van der Waals surface area (Å²) in [5.41, 5.74) is 7.23. The van der Waals surface area contributed by atoms with Gasteiger partial charge in [0.15, 0.2) is 0 Å². The van der Waals surface area contributed by atoms with Crippen molar-refractivity contribution in [1.82, 2.24) is 18.5 Å². The highest BCUT2D eigenvalue weighted by Crippen LogP contribution is 2.27. The van der Waals surface area contributed by atoms with E-state index < -0.39 is 0 Å². The minimum Gasteiger partial charge on any atom is -0.344 e. The zero-order chi connectivity index (χ0) is 20.9. The number of benzene rings is 4. The Hall–Kier alpha value is -4.05. The largest absolute Gasteiger partial charge is 0.344 e. The third-order valence-corrected chi connectivity index (χ3v) is 6.15. The highest BCUT2D eigenvalue weighted by Gasteiger charge is 2.12. The van der Waals surface area contributed by atoms with Crippen LogP contribution >= 0.6 is 0 Å². The number of hydrogen-bond acceptors (Lipinski definition) is 1. The molecule has 3 aromatic heterocycles. The number of aromatic nitrogens is 4. The summed E-state index contributed by atoms with van der Waals surface area (Å²) >= 11 is 0. The van der Waals surface area contributed by atoms with Crippen LogP contribution in [-0.4, -0.2) is 18.5 Å². The average Bonchev–Trinajstić information content (AvgIpc) is 3.44. The van der Waals surface area contributed by atoms with Gasteiger partial charge in [0.05, 0.1) is 22.1 Å². The summed E-state index contributed by atoms with van der Waals surface area (Å²) in [5, 5.41) is 2.68. The van der Waals surface area contributed by atoms with E-state index in [2.05, 4.69) is 124 Å². The SMILES string of the molecule is C.C.C.Cn1c2ccccc2c2ccccc21.Cn1c2ccccc2n2c3ccccc3nc12. The highest BCUT2D eigenvalue weighted by atomic mass is 15.2. The Morgan fingerprint density at radius 1 is 0.471 bits per heavy atom. The fraction of sp³-hybridized carbons (Fsp3) is 0.167. The van der Waals surface area contributed by atoms with Gasteiger partial charge in [0.2, 0.25) is 5.78 Å². The van der Waals surface area contributed by atoms with E-state index in [1.165, 1.54) is 38.4 Å². The Morgan fingerprint density at radius 2 is 0.912 bits per heavy atom.